The monoisotopic (exact) mass is 329 g/mol. The predicted octanol–water partition coefficient (Wildman–Crippen LogP) is 2.49. The Balaban J connectivity index is 1.66. The molecule has 5 nitrogen and oxygen atoms in total. The Labute approximate surface area is 143 Å². The van der Waals surface area contributed by atoms with Crippen LogP contribution in [0.25, 0.3) is 0 Å². The van der Waals surface area contributed by atoms with E-state index >= 15 is 0 Å². The molecule has 2 aromatic rings. The van der Waals surface area contributed by atoms with E-state index in [0.717, 1.165) is 31.1 Å². The Morgan fingerprint density at radius 3 is 2.67 bits per heavy atom. The highest BCUT2D eigenvalue weighted by Crippen LogP contribution is 2.30. The van der Waals surface area contributed by atoms with Crippen LogP contribution < -0.4 is 4.74 Å². The SMILES string of the molecule is COc1ccc(C2CCN(Cc3c(C)nn(CCO)c3C)C2)cc1. The molecule has 0 amide bonds. The maximum atomic E-state index is 9.15. The molecule has 1 N–H and O–H groups in total. The number of nitrogens with zero attached hydrogens (tertiary/aromatic N) is 3. The van der Waals surface area contributed by atoms with Gasteiger partial charge in [0.15, 0.2) is 0 Å². The molecule has 24 heavy (non-hydrogen) atoms. The fourth-order valence-corrected chi connectivity index (χ4v) is 3.62. The minimum absolute atomic E-state index is 0.130. The number of aromatic nitrogens is 2. The van der Waals surface area contributed by atoms with Gasteiger partial charge >= 0.3 is 0 Å². The van der Waals surface area contributed by atoms with Crippen molar-refractivity contribution >= 4 is 0 Å². The molecule has 0 radical (unpaired) electrons. The van der Waals surface area contributed by atoms with E-state index in [1.165, 1.54) is 23.2 Å². The normalized spacial score (nSPS) is 18.2. The van der Waals surface area contributed by atoms with Crippen molar-refractivity contribution in [1.82, 2.24) is 14.7 Å². The number of aryl methyl sites for hydroxylation is 1. The minimum Gasteiger partial charge on any atom is -0.497 e. The highest BCUT2D eigenvalue weighted by Gasteiger charge is 2.25. The Morgan fingerprint density at radius 1 is 1.25 bits per heavy atom. The van der Waals surface area contributed by atoms with Gasteiger partial charge in [-0.25, -0.2) is 0 Å². The third-order valence-electron chi connectivity index (χ3n) is 5.08. The van der Waals surface area contributed by atoms with E-state index in [1.807, 2.05) is 16.8 Å². The Bertz CT molecular complexity index is 679. The lowest BCUT2D eigenvalue weighted by atomic mass is 9.98. The fraction of sp³-hybridized carbons (Fsp3) is 0.526. The third kappa shape index (κ3) is 3.47. The van der Waals surface area contributed by atoms with Crippen molar-refractivity contribution in [3.8, 4) is 5.75 Å². The minimum atomic E-state index is 0.130. The zero-order valence-corrected chi connectivity index (χ0v) is 14.8. The molecule has 1 aromatic carbocycles. The summed E-state index contributed by atoms with van der Waals surface area (Å²) in [6.45, 7) is 7.99. The van der Waals surface area contributed by atoms with Crippen molar-refractivity contribution in [3.05, 3.63) is 46.8 Å². The second-order valence-electron chi connectivity index (χ2n) is 6.59. The van der Waals surface area contributed by atoms with Crippen LogP contribution in [-0.4, -0.2) is 46.6 Å². The molecule has 1 fully saturated rings. The van der Waals surface area contributed by atoms with Crippen LogP contribution in [0, 0.1) is 13.8 Å². The summed E-state index contributed by atoms with van der Waals surface area (Å²) < 4.78 is 7.16. The van der Waals surface area contributed by atoms with Crippen LogP contribution in [0.5, 0.6) is 5.75 Å². The molecule has 1 aliphatic rings. The van der Waals surface area contributed by atoms with Gasteiger partial charge in [0.1, 0.15) is 5.75 Å². The Kier molecular flexibility index (Phi) is 5.21. The number of aliphatic hydroxyl groups is 1. The van der Waals surface area contributed by atoms with Crippen LogP contribution in [0.3, 0.4) is 0 Å². The van der Waals surface area contributed by atoms with E-state index in [4.69, 9.17) is 9.84 Å². The van der Waals surface area contributed by atoms with Gasteiger partial charge in [0.2, 0.25) is 0 Å². The zero-order valence-electron chi connectivity index (χ0n) is 14.8. The number of benzene rings is 1. The average Bonchev–Trinajstić information content (AvgIpc) is 3.16. The van der Waals surface area contributed by atoms with Gasteiger partial charge in [-0.3, -0.25) is 9.58 Å². The summed E-state index contributed by atoms with van der Waals surface area (Å²) in [5, 5.41) is 13.7. The van der Waals surface area contributed by atoms with Gasteiger partial charge in [0.25, 0.3) is 0 Å². The molecule has 0 aliphatic carbocycles. The lowest BCUT2D eigenvalue weighted by Crippen LogP contribution is -2.20. The topological polar surface area (TPSA) is 50.5 Å². The lowest BCUT2D eigenvalue weighted by molar-refractivity contribution is 0.267. The summed E-state index contributed by atoms with van der Waals surface area (Å²) in [4.78, 5) is 2.51. The Hall–Kier alpha value is -1.85. The number of likely N-dealkylation sites (tertiary alicyclic amines) is 1. The lowest BCUT2D eigenvalue weighted by Gasteiger charge is -2.17. The molecular weight excluding hydrogens is 302 g/mol. The summed E-state index contributed by atoms with van der Waals surface area (Å²) >= 11 is 0. The van der Waals surface area contributed by atoms with Crippen LogP contribution >= 0.6 is 0 Å². The van der Waals surface area contributed by atoms with Crippen molar-refractivity contribution in [2.45, 2.75) is 39.3 Å². The van der Waals surface area contributed by atoms with E-state index in [2.05, 4.69) is 36.0 Å². The van der Waals surface area contributed by atoms with E-state index in [0.29, 0.717) is 12.5 Å². The molecular formula is C19H27N3O2. The van der Waals surface area contributed by atoms with E-state index < -0.39 is 0 Å². The van der Waals surface area contributed by atoms with Gasteiger partial charge in [-0.15, -0.1) is 0 Å². The molecule has 1 unspecified atom stereocenters. The average molecular weight is 329 g/mol. The van der Waals surface area contributed by atoms with Crippen LogP contribution in [0.1, 0.15) is 34.9 Å². The molecule has 2 heterocycles. The molecule has 1 saturated heterocycles. The van der Waals surface area contributed by atoms with Crippen LogP contribution in [-0.2, 0) is 13.1 Å². The predicted molar refractivity (Wildman–Crippen MR) is 94.4 cm³/mol. The van der Waals surface area contributed by atoms with Gasteiger partial charge < -0.3 is 9.84 Å². The van der Waals surface area contributed by atoms with E-state index in [-0.39, 0.29) is 6.61 Å². The van der Waals surface area contributed by atoms with E-state index in [9.17, 15) is 0 Å². The van der Waals surface area contributed by atoms with Crippen molar-refractivity contribution in [2.75, 3.05) is 26.8 Å². The highest BCUT2D eigenvalue weighted by molar-refractivity contribution is 5.30. The number of aliphatic hydroxyl groups excluding tert-OH is 1. The summed E-state index contributed by atoms with van der Waals surface area (Å²) in [6, 6.07) is 8.46. The second-order valence-corrected chi connectivity index (χ2v) is 6.59. The summed E-state index contributed by atoms with van der Waals surface area (Å²) in [5.41, 5.74) is 4.95. The number of methoxy groups -OCH3 is 1. The van der Waals surface area contributed by atoms with Gasteiger partial charge in [-0.1, -0.05) is 12.1 Å². The molecule has 0 bridgehead atoms. The van der Waals surface area contributed by atoms with Gasteiger partial charge in [-0.05, 0) is 50.4 Å². The van der Waals surface area contributed by atoms with Crippen molar-refractivity contribution in [3.63, 3.8) is 0 Å². The molecule has 0 saturated carbocycles. The largest absolute Gasteiger partial charge is 0.497 e. The smallest absolute Gasteiger partial charge is 0.118 e. The molecule has 1 atom stereocenters. The summed E-state index contributed by atoms with van der Waals surface area (Å²) in [5.74, 6) is 1.50. The van der Waals surface area contributed by atoms with Gasteiger partial charge in [0.05, 0.1) is 26.0 Å². The van der Waals surface area contributed by atoms with Crippen LogP contribution in [0.2, 0.25) is 0 Å². The highest BCUT2D eigenvalue weighted by atomic mass is 16.5. The molecule has 1 aromatic heterocycles. The van der Waals surface area contributed by atoms with Crippen LogP contribution in [0.4, 0.5) is 0 Å². The standard InChI is InChI=1S/C19H27N3O2/c1-14-19(15(2)22(20-14)10-11-23)13-21-9-8-17(12-21)16-4-6-18(24-3)7-5-16/h4-7,17,23H,8-13H2,1-3H3. The zero-order chi connectivity index (χ0) is 17.1. The number of hydrogen-bond acceptors (Lipinski definition) is 4. The molecule has 3 rings (SSSR count). The first-order valence-corrected chi connectivity index (χ1v) is 8.62. The summed E-state index contributed by atoms with van der Waals surface area (Å²) in [6.07, 6.45) is 1.19. The molecule has 1 aliphatic heterocycles. The first kappa shape index (κ1) is 17.0. The number of hydrogen-bond donors (Lipinski definition) is 1. The van der Waals surface area contributed by atoms with E-state index in [1.54, 1.807) is 7.11 Å². The van der Waals surface area contributed by atoms with Crippen molar-refractivity contribution < 1.29 is 9.84 Å². The van der Waals surface area contributed by atoms with Crippen LogP contribution in [0.15, 0.2) is 24.3 Å². The van der Waals surface area contributed by atoms with Crippen molar-refractivity contribution in [1.29, 1.82) is 0 Å². The maximum absolute atomic E-state index is 9.15. The van der Waals surface area contributed by atoms with Gasteiger partial charge in [-0.2, -0.15) is 5.10 Å². The fourth-order valence-electron chi connectivity index (χ4n) is 3.62. The number of rotatable bonds is 6. The first-order valence-electron chi connectivity index (χ1n) is 8.62. The number of ether oxygens (including phenoxy) is 1. The quantitative estimate of drug-likeness (QED) is 0.885. The molecule has 0 spiro atoms. The summed E-state index contributed by atoms with van der Waals surface area (Å²) in [7, 11) is 1.70. The molecule has 130 valence electrons. The maximum Gasteiger partial charge on any atom is 0.118 e. The second kappa shape index (κ2) is 7.36. The third-order valence-corrected chi connectivity index (χ3v) is 5.08. The van der Waals surface area contributed by atoms with Crippen molar-refractivity contribution in [2.24, 2.45) is 0 Å². The van der Waals surface area contributed by atoms with Gasteiger partial charge in [0, 0.05) is 24.3 Å². The first-order chi connectivity index (χ1) is 11.6. The Morgan fingerprint density at radius 2 is 2.00 bits per heavy atom. The molecule has 5 heteroatoms.